The number of piperazine rings is 1. The van der Waals surface area contributed by atoms with Crippen LogP contribution < -0.4 is 19.7 Å². The number of ether oxygens (including phenoxy) is 1. The van der Waals surface area contributed by atoms with Crippen molar-refractivity contribution in [3.8, 4) is 16.2 Å². The Morgan fingerprint density at radius 1 is 1.09 bits per heavy atom. The van der Waals surface area contributed by atoms with E-state index in [0.717, 1.165) is 29.2 Å². The van der Waals surface area contributed by atoms with Crippen LogP contribution in [-0.4, -0.2) is 40.7 Å². The number of halogens is 1. The summed E-state index contributed by atoms with van der Waals surface area (Å²) in [7, 11) is -2.11. The lowest BCUT2D eigenvalue weighted by atomic mass is 10.1. The Bertz CT molecular complexity index is 1200. The molecule has 3 aromatic rings. The van der Waals surface area contributed by atoms with Crippen molar-refractivity contribution in [3.05, 3.63) is 59.6 Å². The number of hydrogen-bond acceptors (Lipinski definition) is 6. The maximum atomic E-state index is 13.1. The first-order valence-corrected chi connectivity index (χ1v) is 13.0. The van der Waals surface area contributed by atoms with E-state index in [-0.39, 0.29) is 4.21 Å². The minimum absolute atomic E-state index is 0.245. The fourth-order valence-corrected chi connectivity index (χ4v) is 6.53. The van der Waals surface area contributed by atoms with Gasteiger partial charge in [-0.2, -0.15) is 0 Å². The highest BCUT2D eigenvalue weighted by Crippen LogP contribution is 2.35. The third-order valence-electron chi connectivity index (χ3n) is 5.28. The second-order valence-electron chi connectivity index (χ2n) is 7.99. The zero-order chi connectivity index (χ0) is 22.9. The van der Waals surface area contributed by atoms with E-state index >= 15 is 0 Å². The predicted octanol–water partition coefficient (Wildman–Crippen LogP) is 5.06. The second kappa shape index (κ2) is 9.31. The second-order valence-corrected chi connectivity index (χ2v) is 11.4. The Labute approximate surface area is 198 Å². The molecule has 1 saturated heterocycles. The number of benzene rings is 2. The molecule has 0 aliphatic carbocycles. The first-order chi connectivity index (χ1) is 15.2. The Hall–Kier alpha value is -2.26. The topological polar surface area (TPSA) is 70.7 Å². The normalized spacial score (nSPS) is 19.1. The van der Waals surface area contributed by atoms with E-state index < -0.39 is 10.0 Å². The minimum atomic E-state index is -3.74. The first kappa shape index (κ1) is 22.9. The molecule has 0 spiro atoms. The lowest BCUT2D eigenvalue weighted by molar-refractivity contribution is 0.391. The molecule has 1 fully saturated rings. The van der Waals surface area contributed by atoms with Crippen LogP contribution in [0.15, 0.2) is 58.8 Å². The van der Waals surface area contributed by atoms with Crippen LogP contribution >= 0.6 is 22.9 Å². The van der Waals surface area contributed by atoms with Crippen molar-refractivity contribution in [1.29, 1.82) is 0 Å². The SMILES string of the molecule is COc1ccc(NS(=O)(=O)c2ccc(-c3cccc(Cl)c3)s2)cc1N1CC(C)NC(C)C1. The van der Waals surface area contributed by atoms with E-state index in [4.69, 9.17) is 16.3 Å². The van der Waals surface area contributed by atoms with Gasteiger partial charge in [0.2, 0.25) is 0 Å². The fraction of sp³-hybridized carbons (Fsp3) is 0.304. The van der Waals surface area contributed by atoms with Crippen LogP contribution in [-0.2, 0) is 10.0 Å². The van der Waals surface area contributed by atoms with Crippen LogP contribution in [0.5, 0.6) is 5.75 Å². The highest BCUT2D eigenvalue weighted by atomic mass is 35.5. The molecule has 0 saturated carbocycles. The zero-order valence-corrected chi connectivity index (χ0v) is 20.5. The van der Waals surface area contributed by atoms with E-state index in [0.29, 0.717) is 28.5 Å². The van der Waals surface area contributed by atoms with Gasteiger partial charge in [0, 0.05) is 35.1 Å². The number of nitrogens with one attached hydrogen (secondary N) is 2. The van der Waals surface area contributed by atoms with Crippen molar-refractivity contribution in [1.82, 2.24) is 5.32 Å². The zero-order valence-electron chi connectivity index (χ0n) is 18.1. The van der Waals surface area contributed by atoms with E-state index in [1.165, 1.54) is 11.3 Å². The van der Waals surface area contributed by atoms with Gasteiger partial charge in [-0.3, -0.25) is 4.72 Å². The summed E-state index contributed by atoms with van der Waals surface area (Å²) >= 11 is 7.29. The average Bonchev–Trinajstić information content (AvgIpc) is 3.24. The van der Waals surface area contributed by atoms with E-state index in [1.807, 2.05) is 24.3 Å². The fourth-order valence-electron chi connectivity index (χ4n) is 3.99. The average molecular weight is 492 g/mol. The van der Waals surface area contributed by atoms with E-state index in [1.54, 1.807) is 37.4 Å². The van der Waals surface area contributed by atoms with Gasteiger partial charge in [-0.25, -0.2) is 8.42 Å². The van der Waals surface area contributed by atoms with Gasteiger partial charge in [0.25, 0.3) is 10.0 Å². The van der Waals surface area contributed by atoms with Gasteiger partial charge in [-0.1, -0.05) is 23.7 Å². The first-order valence-electron chi connectivity index (χ1n) is 10.3. The van der Waals surface area contributed by atoms with E-state index in [2.05, 4.69) is 28.8 Å². The van der Waals surface area contributed by atoms with Crippen LogP contribution in [0.4, 0.5) is 11.4 Å². The number of nitrogens with zero attached hydrogens (tertiary/aromatic N) is 1. The quantitative estimate of drug-likeness (QED) is 0.504. The molecule has 1 aliphatic rings. The molecule has 2 atom stereocenters. The molecule has 1 aliphatic heterocycles. The molecule has 9 heteroatoms. The molecule has 2 unspecified atom stereocenters. The molecule has 2 heterocycles. The van der Waals surface area contributed by atoms with Gasteiger partial charge in [0.1, 0.15) is 9.96 Å². The lowest BCUT2D eigenvalue weighted by Crippen LogP contribution is -2.54. The van der Waals surface area contributed by atoms with Crippen molar-refractivity contribution < 1.29 is 13.2 Å². The Morgan fingerprint density at radius 3 is 2.53 bits per heavy atom. The molecule has 170 valence electrons. The van der Waals surface area contributed by atoms with Crippen molar-refractivity contribution >= 4 is 44.3 Å². The van der Waals surface area contributed by atoms with Crippen LogP contribution in [0, 0.1) is 0 Å². The van der Waals surface area contributed by atoms with Crippen LogP contribution in [0.25, 0.3) is 10.4 Å². The van der Waals surface area contributed by atoms with Crippen molar-refractivity contribution in [2.45, 2.75) is 30.1 Å². The third-order valence-corrected chi connectivity index (χ3v) is 8.53. The standard InChI is InChI=1S/C23H26ClN3O3S2/c1-15-13-27(14-16(2)25-15)20-12-19(7-8-21(20)30-3)26-32(28,29)23-10-9-22(31-23)17-5-4-6-18(24)11-17/h4-12,15-16,25-26H,13-14H2,1-3H3. The monoisotopic (exact) mass is 491 g/mol. The summed E-state index contributed by atoms with van der Waals surface area (Å²) in [5, 5.41) is 4.12. The van der Waals surface area contributed by atoms with Crippen molar-refractivity contribution in [3.63, 3.8) is 0 Å². The number of thiophene rings is 1. The van der Waals surface area contributed by atoms with Crippen molar-refractivity contribution in [2.24, 2.45) is 0 Å². The summed E-state index contributed by atoms with van der Waals surface area (Å²) in [6, 6.07) is 16.8. The van der Waals surface area contributed by atoms with Crippen LogP contribution in [0.1, 0.15) is 13.8 Å². The molecule has 2 N–H and O–H groups in total. The van der Waals surface area contributed by atoms with Gasteiger partial charge in [-0.15, -0.1) is 11.3 Å². The molecule has 1 aromatic heterocycles. The molecule has 0 amide bonds. The molecular weight excluding hydrogens is 466 g/mol. The number of hydrogen-bond donors (Lipinski definition) is 2. The smallest absolute Gasteiger partial charge is 0.271 e. The molecule has 0 bridgehead atoms. The van der Waals surface area contributed by atoms with Crippen LogP contribution in [0.2, 0.25) is 5.02 Å². The summed E-state index contributed by atoms with van der Waals surface area (Å²) in [5.74, 6) is 0.716. The molecule has 6 nitrogen and oxygen atoms in total. The van der Waals surface area contributed by atoms with Gasteiger partial charge >= 0.3 is 0 Å². The number of anilines is 2. The summed E-state index contributed by atoms with van der Waals surface area (Å²) in [6.07, 6.45) is 0. The third kappa shape index (κ3) is 5.04. The molecular formula is C23H26ClN3O3S2. The Morgan fingerprint density at radius 2 is 1.84 bits per heavy atom. The van der Waals surface area contributed by atoms with Gasteiger partial charge in [0.05, 0.1) is 18.5 Å². The molecule has 0 radical (unpaired) electrons. The van der Waals surface area contributed by atoms with Crippen LogP contribution in [0.3, 0.4) is 0 Å². The van der Waals surface area contributed by atoms with Crippen molar-refractivity contribution in [2.75, 3.05) is 29.8 Å². The summed E-state index contributed by atoms with van der Waals surface area (Å²) in [4.78, 5) is 3.07. The Kier molecular flexibility index (Phi) is 6.67. The van der Waals surface area contributed by atoms with Gasteiger partial charge in [0.15, 0.2) is 0 Å². The Balaban J connectivity index is 1.60. The predicted molar refractivity (Wildman–Crippen MR) is 133 cm³/mol. The van der Waals surface area contributed by atoms with E-state index in [9.17, 15) is 8.42 Å². The maximum absolute atomic E-state index is 13.1. The number of sulfonamides is 1. The van der Waals surface area contributed by atoms with Gasteiger partial charge in [-0.05, 0) is 61.9 Å². The summed E-state index contributed by atoms with van der Waals surface area (Å²) < 4.78 is 34.7. The summed E-state index contributed by atoms with van der Waals surface area (Å²) in [6.45, 7) is 5.89. The molecule has 2 aromatic carbocycles. The largest absolute Gasteiger partial charge is 0.495 e. The molecule has 32 heavy (non-hydrogen) atoms. The highest BCUT2D eigenvalue weighted by Gasteiger charge is 2.24. The minimum Gasteiger partial charge on any atom is -0.495 e. The number of methoxy groups -OCH3 is 1. The molecule has 4 rings (SSSR count). The lowest BCUT2D eigenvalue weighted by Gasteiger charge is -2.38. The van der Waals surface area contributed by atoms with Gasteiger partial charge < -0.3 is 15.0 Å². The summed E-state index contributed by atoms with van der Waals surface area (Å²) in [5.41, 5.74) is 2.26. The number of rotatable bonds is 6. The maximum Gasteiger partial charge on any atom is 0.271 e. The highest BCUT2D eigenvalue weighted by molar-refractivity contribution is 7.94.